The summed E-state index contributed by atoms with van der Waals surface area (Å²) >= 11 is 0. The highest BCUT2D eigenvalue weighted by Crippen LogP contribution is 2.14. The zero-order chi connectivity index (χ0) is 21.0. The van der Waals surface area contributed by atoms with Gasteiger partial charge < -0.3 is 19.3 Å². The maximum absolute atomic E-state index is 11.9. The molecule has 0 aliphatic heterocycles. The van der Waals surface area contributed by atoms with Crippen molar-refractivity contribution in [2.45, 2.75) is 32.0 Å². The van der Waals surface area contributed by atoms with Crippen molar-refractivity contribution in [1.82, 2.24) is 0 Å². The molecular weight excluding hydrogens is 380 g/mol. The van der Waals surface area contributed by atoms with Gasteiger partial charge in [0.15, 0.2) is 6.10 Å². The van der Waals surface area contributed by atoms with Gasteiger partial charge in [-0.3, -0.25) is 0 Å². The molecule has 0 fully saturated rings. The molecule has 5 heteroatoms. The van der Waals surface area contributed by atoms with Crippen LogP contribution in [0.2, 0.25) is 0 Å². The van der Waals surface area contributed by atoms with Crippen molar-refractivity contribution in [2.75, 3.05) is 6.61 Å². The highest BCUT2D eigenvalue weighted by atomic mass is 16.6. The third kappa shape index (κ3) is 7.12. The van der Waals surface area contributed by atoms with Crippen LogP contribution in [0.4, 0.5) is 0 Å². The van der Waals surface area contributed by atoms with Crippen LogP contribution in [0, 0.1) is 0 Å². The summed E-state index contributed by atoms with van der Waals surface area (Å²) in [6.45, 7) is 0.935. The summed E-state index contributed by atoms with van der Waals surface area (Å²) in [5, 5.41) is 9.77. The number of carbonyl (C=O) groups is 1. The molecule has 0 amide bonds. The van der Waals surface area contributed by atoms with E-state index in [-0.39, 0.29) is 19.8 Å². The molecule has 0 aliphatic carbocycles. The summed E-state index contributed by atoms with van der Waals surface area (Å²) in [5.41, 5.74) is 2.87. The second-order valence-corrected chi connectivity index (χ2v) is 6.89. The van der Waals surface area contributed by atoms with Gasteiger partial charge in [-0.2, -0.15) is 0 Å². The van der Waals surface area contributed by atoms with Crippen LogP contribution in [-0.4, -0.2) is 29.9 Å². The Hall–Kier alpha value is -2.99. The van der Waals surface area contributed by atoms with Crippen molar-refractivity contribution in [2.24, 2.45) is 0 Å². The van der Waals surface area contributed by atoms with Crippen LogP contribution in [0.3, 0.4) is 0 Å². The van der Waals surface area contributed by atoms with Crippen molar-refractivity contribution in [3.63, 3.8) is 0 Å². The van der Waals surface area contributed by atoms with Crippen LogP contribution in [0.15, 0.2) is 91.0 Å². The summed E-state index contributed by atoms with van der Waals surface area (Å²) < 4.78 is 17.5. The molecule has 0 aliphatic rings. The minimum Gasteiger partial charge on any atom is -0.479 e. The van der Waals surface area contributed by atoms with E-state index in [0.29, 0.717) is 6.61 Å². The van der Waals surface area contributed by atoms with Crippen molar-refractivity contribution < 1.29 is 24.1 Å². The molecule has 1 N–H and O–H groups in total. The maximum Gasteiger partial charge on any atom is 0.335 e. The van der Waals surface area contributed by atoms with E-state index in [1.54, 1.807) is 0 Å². The third-order valence-corrected chi connectivity index (χ3v) is 4.55. The fourth-order valence-corrected chi connectivity index (χ4v) is 2.97. The summed E-state index contributed by atoms with van der Waals surface area (Å²) in [4.78, 5) is 11.9. The number of rotatable bonds is 12. The standard InChI is InChI=1S/C25H26O5/c26-25(27)24(30-18-22-14-8-3-9-15-22)23(29-17-21-12-6-2-7-13-21)19-28-16-20-10-4-1-5-11-20/h1-15,23-24H,16-19H2,(H,26,27)/t23-,24?/m1/s1. The fraction of sp³-hybridized carbons (Fsp3) is 0.240. The monoisotopic (exact) mass is 406 g/mol. The zero-order valence-electron chi connectivity index (χ0n) is 16.7. The lowest BCUT2D eigenvalue weighted by Crippen LogP contribution is -2.41. The highest BCUT2D eigenvalue weighted by Gasteiger charge is 2.30. The predicted octanol–water partition coefficient (Wildman–Crippen LogP) is 4.46. The van der Waals surface area contributed by atoms with Gasteiger partial charge in [0.2, 0.25) is 0 Å². The molecule has 3 rings (SSSR count). The van der Waals surface area contributed by atoms with E-state index in [1.807, 2.05) is 91.0 Å². The summed E-state index contributed by atoms with van der Waals surface area (Å²) in [7, 11) is 0. The largest absolute Gasteiger partial charge is 0.479 e. The molecule has 30 heavy (non-hydrogen) atoms. The molecule has 0 saturated carbocycles. The number of ether oxygens (including phenoxy) is 3. The molecule has 0 saturated heterocycles. The predicted molar refractivity (Wildman–Crippen MR) is 114 cm³/mol. The number of hydrogen-bond donors (Lipinski definition) is 1. The minimum absolute atomic E-state index is 0.105. The molecule has 0 heterocycles. The Bertz CT molecular complexity index is 868. The van der Waals surface area contributed by atoms with Gasteiger partial charge in [-0.05, 0) is 16.7 Å². The Morgan fingerprint density at radius 1 is 0.667 bits per heavy atom. The lowest BCUT2D eigenvalue weighted by molar-refractivity contribution is -0.170. The Balaban J connectivity index is 1.64. The van der Waals surface area contributed by atoms with Crippen LogP contribution in [0.25, 0.3) is 0 Å². The molecule has 2 atom stereocenters. The SMILES string of the molecule is O=C(O)C(OCc1ccccc1)[C@@H](COCc1ccccc1)OCc1ccccc1. The van der Waals surface area contributed by atoms with E-state index >= 15 is 0 Å². The van der Waals surface area contributed by atoms with E-state index in [4.69, 9.17) is 14.2 Å². The molecular formula is C25H26O5. The first-order chi connectivity index (χ1) is 14.7. The molecule has 3 aromatic carbocycles. The third-order valence-electron chi connectivity index (χ3n) is 4.55. The van der Waals surface area contributed by atoms with Gasteiger partial charge >= 0.3 is 5.97 Å². The first-order valence-electron chi connectivity index (χ1n) is 9.88. The number of hydrogen-bond acceptors (Lipinski definition) is 4. The quantitative estimate of drug-likeness (QED) is 0.481. The highest BCUT2D eigenvalue weighted by molar-refractivity contribution is 5.73. The second-order valence-electron chi connectivity index (χ2n) is 6.89. The summed E-state index contributed by atoms with van der Waals surface area (Å²) in [5.74, 6) is -1.08. The van der Waals surface area contributed by atoms with E-state index < -0.39 is 18.2 Å². The Kier molecular flexibility index (Phi) is 8.60. The van der Waals surface area contributed by atoms with Gasteiger partial charge in [0, 0.05) is 0 Å². The average molecular weight is 406 g/mol. The van der Waals surface area contributed by atoms with Gasteiger partial charge in [-0.15, -0.1) is 0 Å². The van der Waals surface area contributed by atoms with Gasteiger partial charge in [-0.25, -0.2) is 4.79 Å². The van der Waals surface area contributed by atoms with Crippen LogP contribution in [0.5, 0.6) is 0 Å². The molecule has 0 bridgehead atoms. The second kappa shape index (κ2) is 11.9. The van der Waals surface area contributed by atoms with Crippen molar-refractivity contribution in [3.8, 4) is 0 Å². The lowest BCUT2D eigenvalue weighted by Gasteiger charge is -2.25. The lowest BCUT2D eigenvalue weighted by atomic mass is 10.2. The Labute approximate surface area is 176 Å². The van der Waals surface area contributed by atoms with E-state index in [0.717, 1.165) is 16.7 Å². The Morgan fingerprint density at radius 3 is 1.57 bits per heavy atom. The van der Waals surface area contributed by atoms with Gasteiger partial charge in [0.1, 0.15) is 6.10 Å². The van der Waals surface area contributed by atoms with E-state index in [9.17, 15) is 9.90 Å². The molecule has 156 valence electrons. The zero-order valence-corrected chi connectivity index (χ0v) is 16.7. The van der Waals surface area contributed by atoms with Crippen LogP contribution in [-0.2, 0) is 38.8 Å². The van der Waals surface area contributed by atoms with Crippen molar-refractivity contribution >= 4 is 5.97 Å². The number of aliphatic carboxylic acids is 1. The molecule has 1 unspecified atom stereocenters. The first-order valence-corrected chi connectivity index (χ1v) is 9.88. The Morgan fingerprint density at radius 2 is 1.10 bits per heavy atom. The minimum atomic E-state index is -1.15. The van der Waals surface area contributed by atoms with Gasteiger partial charge in [0.25, 0.3) is 0 Å². The fourth-order valence-electron chi connectivity index (χ4n) is 2.97. The molecule has 0 aromatic heterocycles. The van der Waals surface area contributed by atoms with Crippen molar-refractivity contribution in [1.29, 1.82) is 0 Å². The maximum atomic E-state index is 11.9. The molecule has 3 aromatic rings. The number of carboxylic acid groups (broad SMARTS) is 1. The van der Waals surface area contributed by atoms with Crippen molar-refractivity contribution in [3.05, 3.63) is 108 Å². The van der Waals surface area contributed by atoms with E-state index in [2.05, 4.69) is 0 Å². The van der Waals surface area contributed by atoms with E-state index in [1.165, 1.54) is 0 Å². The van der Waals surface area contributed by atoms with Gasteiger partial charge in [-0.1, -0.05) is 91.0 Å². The van der Waals surface area contributed by atoms with Crippen LogP contribution < -0.4 is 0 Å². The molecule has 0 radical (unpaired) electrons. The number of benzene rings is 3. The summed E-state index contributed by atoms with van der Waals surface area (Å²) in [6, 6.07) is 28.8. The van der Waals surface area contributed by atoms with Crippen LogP contribution in [0.1, 0.15) is 16.7 Å². The topological polar surface area (TPSA) is 65.0 Å². The smallest absolute Gasteiger partial charge is 0.335 e. The number of carboxylic acids is 1. The summed E-state index contributed by atoms with van der Waals surface area (Å²) in [6.07, 6.45) is -1.90. The normalized spacial score (nSPS) is 12.9. The first kappa shape index (κ1) is 21.7. The average Bonchev–Trinajstić information content (AvgIpc) is 2.79. The van der Waals surface area contributed by atoms with Crippen LogP contribution >= 0.6 is 0 Å². The molecule has 5 nitrogen and oxygen atoms in total. The van der Waals surface area contributed by atoms with Gasteiger partial charge in [0.05, 0.1) is 26.4 Å². The molecule has 0 spiro atoms.